The molecule has 3 nitrogen and oxygen atoms in total. The number of rotatable bonds is 3. The first-order valence-corrected chi connectivity index (χ1v) is 7.79. The van der Waals surface area contributed by atoms with E-state index in [9.17, 15) is 12.8 Å². The maximum Gasteiger partial charge on any atom is 0.152 e. The smallest absolute Gasteiger partial charge is 0.152 e. The third-order valence-electron chi connectivity index (χ3n) is 3.71. The first kappa shape index (κ1) is 13.5. The van der Waals surface area contributed by atoms with E-state index in [1.807, 2.05) is 24.9 Å². The summed E-state index contributed by atoms with van der Waals surface area (Å²) < 4.78 is 36.2. The predicted molar refractivity (Wildman–Crippen MR) is 69.5 cm³/mol. The lowest BCUT2D eigenvalue weighted by molar-refractivity contribution is 0.154. The van der Waals surface area contributed by atoms with Crippen LogP contribution in [0, 0.1) is 5.82 Å². The Morgan fingerprint density at radius 2 is 2.17 bits per heavy atom. The van der Waals surface area contributed by atoms with Crippen molar-refractivity contribution in [3.8, 4) is 0 Å². The summed E-state index contributed by atoms with van der Waals surface area (Å²) in [5.41, 5.74) is 0.522. The Bertz CT molecular complexity index is 544. The fourth-order valence-electron chi connectivity index (χ4n) is 2.39. The monoisotopic (exact) mass is 271 g/mol. The van der Waals surface area contributed by atoms with Gasteiger partial charge in [-0.2, -0.15) is 0 Å². The summed E-state index contributed by atoms with van der Waals surface area (Å²) in [5.74, 6) is 0.174. The standard InChI is InChI=1S/C13H18FNO2S/c1-13(6-7-18(16,17)10-13)15(2)9-11-4-3-5-12(14)8-11/h3-5,8H,6-7,9-10H2,1-2H3/t13-/m0/s1. The average Bonchev–Trinajstić information content (AvgIpc) is 2.54. The largest absolute Gasteiger partial charge is 0.296 e. The minimum atomic E-state index is -2.92. The van der Waals surface area contributed by atoms with E-state index in [1.165, 1.54) is 12.1 Å². The van der Waals surface area contributed by atoms with Crippen molar-refractivity contribution in [3.63, 3.8) is 0 Å². The lowest BCUT2D eigenvalue weighted by atomic mass is 9.99. The lowest BCUT2D eigenvalue weighted by Crippen LogP contribution is -2.44. The molecule has 0 amide bonds. The Morgan fingerprint density at radius 3 is 2.72 bits per heavy atom. The van der Waals surface area contributed by atoms with Crippen LogP contribution in [0.15, 0.2) is 24.3 Å². The van der Waals surface area contributed by atoms with Crippen LogP contribution in [0.1, 0.15) is 18.9 Å². The molecule has 1 fully saturated rings. The van der Waals surface area contributed by atoms with Crippen LogP contribution >= 0.6 is 0 Å². The highest BCUT2D eigenvalue weighted by Gasteiger charge is 2.41. The summed E-state index contributed by atoms with van der Waals surface area (Å²) in [6.07, 6.45) is 0.640. The Balaban J connectivity index is 2.11. The molecule has 5 heteroatoms. The second-order valence-electron chi connectivity index (χ2n) is 5.32. The summed E-state index contributed by atoms with van der Waals surface area (Å²) in [6.45, 7) is 2.51. The zero-order chi connectivity index (χ0) is 13.4. The molecule has 2 rings (SSSR count). The van der Waals surface area contributed by atoms with Gasteiger partial charge in [-0.3, -0.25) is 4.90 Å². The Morgan fingerprint density at radius 1 is 1.44 bits per heavy atom. The van der Waals surface area contributed by atoms with Crippen molar-refractivity contribution >= 4 is 9.84 Å². The van der Waals surface area contributed by atoms with Crippen molar-refractivity contribution in [1.82, 2.24) is 4.90 Å². The van der Waals surface area contributed by atoms with Gasteiger partial charge < -0.3 is 0 Å². The van der Waals surface area contributed by atoms with E-state index in [1.54, 1.807) is 6.07 Å². The maximum atomic E-state index is 13.1. The molecule has 1 atom stereocenters. The van der Waals surface area contributed by atoms with Crippen LogP contribution in [0.3, 0.4) is 0 Å². The molecule has 100 valence electrons. The molecule has 0 radical (unpaired) electrons. The number of hydrogen-bond donors (Lipinski definition) is 0. The Kier molecular flexibility index (Phi) is 3.47. The molecule has 0 unspecified atom stereocenters. The number of halogens is 1. The fraction of sp³-hybridized carbons (Fsp3) is 0.538. The number of nitrogens with zero attached hydrogens (tertiary/aromatic N) is 1. The van der Waals surface area contributed by atoms with Crippen LogP contribution in [0.5, 0.6) is 0 Å². The molecule has 0 aliphatic carbocycles. The Labute approximate surface area is 108 Å². The van der Waals surface area contributed by atoms with Gasteiger partial charge in [0.25, 0.3) is 0 Å². The fourth-order valence-corrected chi connectivity index (χ4v) is 4.60. The summed E-state index contributed by atoms with van der Waals surface area (Å²) >= 11 is 0. The summed E-state index contributed by atoms with van der Waals surface area (Å²) in [6, 6.07) is 6.42. The quantitative estimate of drug-likeness (QED) is 0.842. The van der Waals surface area contributed by atoms with E-state index >= 15 is 0 Å². The molecular formula is C13H18FNO2S. The normalized spacial score (nSPS) is 26.7. The molecule has 1 aromatic carbocycles. The van der Waals surface area contributed by atoms with E-state index in [0.717, 1.165) is 5.56 Å². The van der Waals surface area contributed by atoms with Crippen molar-refractivity contribution in [2.24, 2.45) is 0 Å². The van der Waals surface area contributed by atoms with Crippen molar-refractivity contribution in [1.29, 1.82) is 0 Å². The molecule has 0 N–H and O–H groups in total. The van der Waals surface area contributed by atoms with Gasteiger partial charge in [0, 0.05) is 12.1 Å². The van der Waals surface area contributed by atoms with Crippen LogP contribution < -0.4 is 0 Å². The first-order chi connectivity index (χ1) is 8.31. The van der Waals surface area contributed by atoms with E-state index in [2.05, 4.69) is 0 Å². The molecule has 0 bridgehead atoms. The van der Waals surface area contributed by atoms with Crippen LogP contribution in [-0.2, 0) is 16.4 Å². The molecule has 1 heterocycles. The van der Waals surface area contributed by atoms with Gasteiger partial charge in [0.1, 0.15) is 5.82 Å². The zero-order valence-corrected chi connectivity index (χ0v) is 11.5. The topological polar surface area (TPSA) is 37.4 Å². The van der Waals surface area contributed by atoms with Gasteiger partial charge in [-0.05, 0) is 38.1 Å². The lowest BCUT2D eigenvalue weighted by Gasteiger charge is -2.34. The van der Waals surface area contributed by atoms with Crippen molar-refractivity contribution in [3.05, 3.63) is 35.6 Å². The molecule has 18 heavy (non-hydrogen) atoms. The molecule has 1 aliphatic heterocycles. The van der Waals surface area contributed by atoms with Crippen LogP contribution in [0.2, 0.25) is 0 Å². The van der Waals surface area contributed by atoms with Gasteiger partial charge >= 0.3 is 0 Å². The van der Waals surface area contributed by atoms with Crippen LogP contribution in [-0.4, -0.2) is 37.4 Å². The molecule has 1 saturated heterocycles. The first-order valence-electron chi connectivity index (χ1n) is 5.97. The van der Waals surface area contributed by atoms with E-state index in [-0.39, 0.29) is 22.9 Å². The predicted octanol–water partition coefficient (Wildman–Crippen LogP) is 1.83. The molecule has 1 aliphatic rings. The summed E-state index contributed by atoms with van der Waals surface area (Å²) in [5, 5.41) is 0. The second-order valence-corrected chi connectivity index (χ2v) is 7.51. The highest BCUT2D eigenvalue weighted by atomic mass is 32.2. The van der Waals surface area contributed by atoms with Crippen molar-refractivity contribution in [2.45, 2.75) is 25.4 Å². The molecular weight excluding hydrogens is 253 g/mol. The average molecular weight is 271 g/mol. The minimum absolute atomic E-state index is 0.186. The third-order valence-corrected chi connectivity index (χ3v) is 5.60. The second kappa shape index (κ2) is 4.63. The van der Waals surface area contributed by atoms with Gasteiger partial charge in [-0.1, -0.05) is 12.1 Å². The summed E-state index contributed by atoms with van der Waals surface area (Å²) in [4.78, 5) is 2.01. The van der Waals surface area contributed by atoms with Crippen molar-refractivity contribution < 1.29 is 12.8 Å². The molecule has 0 aromatic heterocycles. The molecule has 0 spiro atoms. The number of benzene rings is 1. The highest BCUT2D eigenvalue weighted by Crippen LogP contribution is 2.29. The molecule has 0 saturated carbocycles. The van der Waals surface area contributed by atoms with Crippen LogP contribution in [0.4, 0.5) is 4.39 Å². The summed E-state index contributed by atoms with van der Waals surface area (Å²) in [7, 11) is -1.02. The SMILES string of the molecule is CN(Cc1cccc(F)c1)[C@@]1(C)CCS(=O)(=O)C1. The Hall–Kier alpha value is -0.940. The van der Waals surface area contributed by atoms with Crippen LogP contribution in [0.25, 0.3) is 0 Å². The van der Waals surface area contributed by atoms with Gasteiger partial charge in [0.05, 0.1) is 11.5 Å². The van der Waals surface area contributed by atoms with Gasteiger partial charge in [-0.25, -0.2) is 12.8 Å². The maximum absolute atomic E-state index is 13.1. The van der Waals surface area contributed by atoms with E-state index < -0.39 is 9.84 Å². The van der Waals surface area contributed by atoms with Gasteiger partial charge in [-0.15, -0.1) is 0 Å². The van der Waals surface area contributed by atoms with E-state index in [0.29, 0.717) is 13.0 Å². The highest BCUT2D eigenvalue weighted by molar-refractivity contribution is 7.91. The minimum Gasteiger partial charge on any atom is -0.296 e. The zero-order valence-electron chi connectivity index (χ0n) is 10.7. The van der Waals surface area contributed by atoms with E-state index in [4.69, 9.17) is 0 Å². The van der Waals surface area contributed by atoms with Crippen molar-refractivity contribution in [2.75, 3.05) is 18.6 Å². The molecule has 1 aromatic rings. The number of hydrogen-bond acceptors (Lipinski definition) is 3. The van der Waals surface area contributed by atoms with Gasteiger partial charge in [0.2, 0.25) is 0 Å². The van der Waals surface area contributed by atoms with Gasteiger partial charge in [0.15, 0.2) is 9.84 Å². The number of sulfone groups is 1. The third kappa shape index (κ3) is 2.90.